The van der Waals surface area contributed by atoms with Crippen molar-refractivity contribution in [2.75, 3.05) is 5.32 Å². The molecule has 0 aliphatic carbocycles. The van der Waals surface area contributed by atoms with E-state index in [9.17, 15) is 14.4 Å². The average Bonchev–Trinajstić information content (AvgIpc) is 2.78. The van der Waals surface area contributed by atoms with Crippen LogP contribution in [0.15, 0.2) is 36.4 Å². The van der Waals surface area contributed by atoms with Crippen molar-refractivity contribution in [2.45, 2.75) is 113 Å². The third-order valence-corrected chi connectivity index (χ3v) is 6.62. The molecule has 2 atom stereocenters. The SMILES string of the molecule is Cc1ccc(C)c(C(C(=O)Nc2c(C)cccc2C)N(C(=O)C(CC(C)C)NC(=O)OC(C)(C)C)C(C)(C)C)c1. The molecule has 0 radical (unpaired) electrons. The zero-order valence-electron chi connectivity index (χ0n) is 26.5. The minimum Gasteiger partial charge on any atom is -0.444 e. The smallest absolute Gasteiger partial charge is 0.408 e. The van der Waals surface area contributed by atoms with Crippen molar-refractivity contribution in [3.8, 4) is 0 Å². The standard InChI is InChI=1S/C33H49N3O4/c1-20(2)18-26(34-31(39)40-33(10,11)12)30(38)36(32(7,8)9)28(25-19-21(3)16-17-22(25)4)29(37)35-27-23(5)14-13-15-24(27)6/h13-17,19-20,26,28H,18H2,1-12H3,(H,34,39)(H,35,37). The van der Waals surface area contributed by atoms with Crippen molar-refractivity contribution in [1.29, 1.82) is 0 Å². The summed E-state index contributed by atoms with van der Waals surface area (Å²) in [6.45, 7) is 22.9. The Hall–Kier alpha value is -3.35. The van der Waals surface area contributed by atoms with Gasteiger partial charge in [0.15, 0.2) is 0 Å². The minimum atomic E-state index is -0.943. The Morgan fingerprint density at radius 3 is 1.95 bits per heavy atom. The molecule has 0 aliphatic rings. The number of alkyl carbamates (subject to hydrolysis) is 1. The first kappa shape index (κ1) is 32.9. The molecule has 0 heterocycles. The number of rotatable bonds is 8. The van der Waals surface area contributed by atoms with Gasteiger partial charge in [0.25, 0.3) is 5.91 Å². The average molecular weight is 552 g/mol. The first-order valence-electron chi connectivity index (χ1n) is 14.1. The molecular weight excluding hydrogens is 502 g/mol. The molecule has 0 saturated carbocycles. The number of carbonyl (C=O) groups excluding carboxylic acids is 3. The van der Waals surface area contributed by atoms with Gasteiger partial charge in [-0.3, -0.25) is 9.59 Å². The van der Waals surface area contributed by atoms with Gasteiger partial charge in [0.2, 0.25) is 5.91 Å². The number of hydrogen-bond acceptors (Lipinski definition) is 4. The Balaban J connectivity index is 2.70. The largest absolute Gasteiger partial charge is 0.444 e. The highest BCUT2D eigenvalue weighted by molar-refractivity contribution is 6.00. The molecule has 2 aromatic rings. The molecule has 2 aromatic carbocycles. The number of anilines is 1. The van der Waals surface area contributed by atoms with E-state index in [1.54, 1.807) is 25.7 Å². The summed E-state index contributed by atoms with van der Waals surface area (Å²) < 4.78 is 5.50. The van der Waals surface area contributed by atoms with Gasteiger partial charge >= 0.3 is 6.09 Å². The fourth-order valence-electron chi connectivity index (χ4n) is 4.81. The molecule has 0 bridgehead atoms. The van der Waals surface area contributed by atoms with Crippen LogP contribution in [0.25, 0.3) is 0 Å². The summed E-state index contributed by atoms with van der Waals surface area (Å²) in [6, 6.07) is 9.96. The predicted molar refractivity (Wildman–Crippen MR) is 162 cm³/mol. The Bertz CT molecular complexity index is 1200. The molecule has 2 rings (SSSR count). The lowest BCUT2D eigenvalue weighted by Crippen LogP contribution is -2.58. The van der Waals surface area contributed by atoms with E-state index in [0.717, 1.165) is 33.5 Å². The summed E-state index contributed by atoms with van der Waals surface area (Å²) >= 11 is 0. The highest BCUT2D eigenvalue weighted by Crippen LogP contribution is 2.34. The van der Waals surface area contributed by atoms with Crippen LogP contribution >= 0.6 is 0 Å². The maximum Gasteiger partial charge on any atom is 0.408 e. The zero-order valence-corrected chi connectivity index (χ0v) is 26.5. The van der Waals surface area contributed by atoms with Crippen LogP contribution in [0.1, 0.15) is 95.7 Å². The second-order valence-corrected chi connectivity index (χ2v) is 13.2. The second-order valence-electron chi connectivity index (χ2n) is 13.2. The molecule has 7 nitrogen and oxygen atoms in total. The molecule has 0 aromatic heterocycles. The maximum atomic E-state index is 14.5. The van der Waals surface area contributed by atoms with Gasteiger partial charge < -0.3 is 20.3 Å². The fraction of sp³-hybridized carbons (Fsp3) is 0.545. The molecule has 2 N–H and O–H groups in total. The topological polar surface area (TPSA) is 87.7 Å². The Labute approximate surface area is 241 Å². The third kappa shape index (κ3) is 8.83. The van der Waals surface area contributed by atoms with Crippen LogP contribution in [0.2, 0.25) is 0 Å². The van der Waals surface area contributed by atoms with Crippen LogP contribution in [0.5, 0.6) is 0 Å². The van der Waals surface area contributed by atoms with Crippen LogP contribution in [0.3, 0.4) is 0 Å². The van der Waals surface area contributed by atoms with Gasteiger partial charge in [0.05, 0.1) is 0 Å². The van der Waals surface area contributed by atoms with E-state index in [4.69, 9.17) is 4.74 Å². The van der Waals surface area contributed by atoms with Crippen molar-refractivity contribution in [3.63, 3.8) is 0 Å². The molecule has 3 amide bonds. The van der Waals surface area contributed by atoms with Crippen LogP contribution in [0.4, 0.5) is 10.5 Å². The first-order chi connectivity index (χ1) is 18.3. The molecule has 0 saturated heterocycles. The van der Waals surface area contributed by atoms with Gasteiger partial charge in [-0.2, -0.15) is 0 Å². The van der Waals surface area contributed by atoms with E-state index >= 15 is 0 Å². The van der Waals surface area contributed by atoms with Crippen molar-refractivity contribution < 1.29 is 19.1 Å². The van der Waals surface area contributed by atoms with Gasteiger partial charge in [0, 0.05) is 11.2 Å². The number of para-hydroxylation sites is 1. The predicted octanol–water partition coefficient (Wildman–Crippen LogP) is 7.17. The lowest BCUT2D eigenvalue weighted by molar-refractivity contribution is -0.147. The number of carbonyl (C=O) groups is 3. The maximum absolute atomic E-state index is 14.5. The highest BCUT2D eigenvalue weighted by Gasteiger charge is 2.42. The minimum absolute atomic E-state index is 0.105. The normalized spacial score (nSPS) is 13.4. The van der Waals surface area contributed by atoms with Crippen LogP contribution in [-0.2, 0) is 14.3 Å². The van der Waals surface area contributed by atoms with Crippen LogP contribution in [-0.4, -0.2) is 40.0 Å². The highest BCUT2D eigenvalue weighted by atomic mass is 16.6. The lowest BCUT2D eigenvalue weighted by Gasteiger charge is -2.43. The van der Waals surface area contributed by atoms with Crippen molar-refractivity contribution in [2.24, 2.45) is 5.92 Å². The van der Waals surface area contributed by atoms with Gasteiger partial charge in [0.1, 0.15) is 17.7 Å². The van der Waals surface area contributed by atoms with Crippen LogP contribution < -0.4 is 10.6 Å². The van der Waals surface area contributed by atoms with Gasteiger partial charge in [-0.05, 0) is 104 Å². The number of ether oxygens (including phenoxy) is 1. The number of nitrogens with zero attached hydrogens (tertiary/aromatic N) is 1. The fourth-order valence-corrected chi connectivity index (χ4v) is 4.81. The number of benzene rings is 2. The van der Waals surface area contributed by atoms with Crippen molar-refractivity contribution in [1.82, 2.24) is 10.2 Å². The Morgan fingerprint density at radius 2 is 1.45 bits per heavy atom. The molecule has 220 valence electrons. The van der Waals surface area contributed by atoms with Crippen molar-refractivity contribution >= 4 is 23.6 Å². The summed E-state index contributed by atoms with van der Waals surface area (Å²) in [4.78, 5) is 43.3. The number of hydrogen-bond donors (Lipinski definition) is 2. The Morgan fingerprint density at radius 1 is 0.875 bits per heavy atom. The molecule has 2 unspecified atom stereocenters. The molecule has 0 spiro atoms. The molecule has 0 aliphatic heterocycles. The quantitative estimate of drug-likeness (QED) is 0.364. The van der Waals surface area contributed by atoms with E-state index in [2.05, 4.69) is 10.6 Å². The van der Waals surface area contributed by atoms with E-state index in [-0.39, 0.29) is 17.7 Å². The summed E-state index contributed by atoms with van der Waals surface area (Å²) in [5.74, 6) is -0.544. The van der Waals surface area contributed by atoms with Crippen LogP contribution in [0, 0.1) is 33.6 Å². The lowest BCUT2D eigenvalue weighted by atomic mass is 9.91. The summed E-state index contributed by atoms with van der Waals surface area (Å²) in [6.07, 6.45) is -0.272. The number of aryl methyl sites for hydroxylation is 4. The Kier molecular flexibility index (Phi) is 10.6. The van der Waals surface area contributed by atoms with Crippen molar-refractivity contribution in [3.05, 3.63) is 64.2 Å². The molecule has 0 fully saturated rings. The summed E-state index contributed by atoms with van der Waals surface area (Å²) in [5.41, 5.74) is 3.75. The first-order valence-corrected chi connectivity index (χ1v) is 14.1. The summed E-state index contributed by atoms with van der Waals surface area (Å²) in [5, 5.41) is 5.95. The van der Waals surface area contributed by atoms with E-state index < -0.39 is 29.3 Å². The molecule has 40 heavy (non-hydrogen) atoms. The van der Waals surface area contributed by atoms with Gasteiger partial charge in [-0.15, -0.1) is 0 Å². The van der Waals surface area contributed by atoms with Gasteiger partial charge in [-0.1, -0.05) is 55.8 Å². The zero-order chi connectivity index (χ0) is 30.6. The monoisotopic (exact) mass is 551 g/mol. The molecule has 7 heteroatoms. The van der Waals surface area contributed by atoms with E-state index in [1.807, 2.05) is 98.7 Å². The summed E-state index contributed by atoms with van der Waals surface area (Å²) in [7, 11) is 0. The second kappa shape index (κ2) is 12.9. The molecular formula is C33H49N3O4. The number of amides is 3. The van der Waals surface area contributed by atoms with E-state index in [1.165, 1.54) is 0 Å². The third-order valence-electron chi connectivity index (χ3n) is 6.62. The van der Waals surface area contributed by atoms with E-state index in [0.29, 0.717) is 6.42 Å². The van der Waals surface area contributed by atoms with Gasteiger partial charge in [-0.25, -0.2) is 4.79 Å². The number of nitrogens with one attached hydrogen (secondary N) is 2.